The average Bonchev–Trinajstić information content (AvgIpc) is 3.32. The summed E-state index contributed by atoms with van der Waals surface area (Å²) in [5.41, 5.74) is 6.54. The van der Waals surface area contributed by atoms with Crippen LogP contribution in [-0.4, -0.2) is 28.3 Å². The summed E-state index contributed by atoms with van der Waals surface area (Å²) in [6, 6.07) is 8.07. The largest absolute Gasteiger partial charge is 0.416 e. The first-order valence-corrected chi connectivity index (χ1v) is 10.4. The van der Waals surface area contributed by atoms with E-state index in [0.717, 1.165) is 23.1 Å². The normalized spacial score (nSPS) is 12.7. The van der Waals surface area contributed by atoms with Gasteiger partial charge in [-0.2, -0.15) is 18.3 Å². The number of halogens is 4. The third-order valence-corrected chi connectivity index (χ3v) is 5.97. The molecule has 2 heterocycles. The molecule has 3 N–H and O–H groups in total. The summed E-state index contributed by atoms with van der Waals surface area (Å²) in [6.07, 6.45) is -2.86. The number of benzene rings is 1. The molecule has 2 aromatic heterocycles. The second-order valence-corrected chi connectivity index (χ2v) is 8.25. The highest BCUT2D eigenvalue weighted by Gasteiger charge is 2.33. The van der Waals surface area contributed by atoms with E-state index in [1.807, 2.05) is 6.92 Å². The fraction of sp³-hybridized carbons (Fsp3) is 0.300. The number of alkyl halides is 3. The van der Waals surface area contributed by atoms with Crippen molar-refractivity contribution in [3.63, 3.8) is 0 Å². The number of carbonyl (C=O) groups is 1. The number of nitrogens with two attached hydrogens (primary N) is 1. The maximum atomic E-state index is 13.2. The SMILES string of the molecule is CCn1nccc1-c1cc(C(=O)N[C@H](CN)Cc2ccccc2C(F)(F)F)sc1Cl. The zero-order chi connectivity index (χ0) is 21.9. The number of nitrogens with one attached hydrogen (secondary N) is 1. The zero-order valence-corrected chi connectivity index (χ0v) is 17.6. The predicted octanol–water partition coefficient (Wildman–Crippen LogP) is 4.60. The van der Waals surface area contributed by atoms with Gasteiger partial charge in [-0.25, -0.2) is 0 Å². The molecule has 0 bridgehead atoms. The molecular weight excluding hydrogens is 437 g/mol. The number of amides is 1. The Bertz CT molecular complexity index is 1030. The Morgan fingerprint density at radius 2 is 2.07 bits per heavy atom. The first-order chi connectivity index (χ1) is 14.2. The summed E-state index contributed by atoms with van der Waals surface area (Å²) in [6.45, 7) is 2.57. The Balaban J connectivity index is 1.78. The van der Waals surface area contributed by atoms with Gasteiger partial charge < -0.3 is 11.1 Å². The molecule has 5 nitrogen and oxygen atoms in total. The standard InChI is InChI=1S/C20H20ClF3N4OS/c1-2-28-16(7-8-26-28)14-10-17(30-18(14)21)19(29)27-13(11-25)9-12-5-3-4-6-15(12)20(22,23)24/h3-8,10,13H,2,9,11,25H2,1H3,(H,27,29)/t13-/m0/s1. The third-order valence-electron chi connectivity index (χ3n) is 4.61. The maximum absolute atomic E-state index is 13.2. The molecule has 30 heavy (non-hydrogen) atoms. The van der Waals surface area contributed by atoms with E-state index in [1.54, 1.807) is 23.0 Å². The summed E-state index contributed by atoms with van der Waals surface area (Å²) in [7, 11) is 0. The van der Waals surface area contributed by atoms with Crippen LogP contribution in [0, 0.1) is 0 Å². The molecule has 0 unspecified atom stereocenters. The van der Waals surface area contributed by atoms with Crippen molar-refractivity contribution < 1.29 is 18.0 Å². The molecule has 0 spiro atoms. The van der Waals surface area contributed by atoms with E-state index in [1.165, 1.54) is 18.2 Å². The molecule has 0 aliphatic carbocycles. The van der Waals surface area contributed by atoms with Gasteiger partial charge in [0, 0.05) is 30.9 Å². The van der Waals surface area contributed by atoms with Gasteiger partial charge in [-0.3, -0.25) is 9.48 Å². The van der Waals surface area contributed by atoms with Crippen LogP contribution in [0.1, 0.15) is 27.7 Å². The summed E-state index contributed by atoms with van der Waals surface area (Å²) in [4.78, 5) is 13.1. The Morgan fingerprint density at radius 1 is 1.33 bits per heavy atom. The number of carbonyl (C=O) groups excluding carboxylic acids is 1. The highest BCUT2D eigenvalue weighted by atomic mass is 35.5. The van der Waals surface area contributed by atoms with Crippen LogP contribution >= 0.6 is 22.9 Å². The van der Waals surface area contributed by atoms with E-state index >= 15 is 0 Å². The molecular formula is C20H20ClF3N4OS. The Morgan fingerprint density at radius 3 is 2.73 bits per heavy atom. The molecule has 1 amide bonds. The van der Waals surface area contributed by atoms with E-state index in [-0.39, 0.29) is 18.5 Å². The highest BCUT2D eigenvalue weighted by molar-refractivity contribution is 7.18. The number of hydrogen-bond donors (Lipinski definition) is 2. The second kappa shape index (κ2) is 9.20. The summed E-state index contributed by atoms with van der Waals surface area (Å²) >= 11 is 7.43. The number of hydrogen-bond acceptors (Lipinski definition) is 4. The highest BCUT2D eigenvalue weighted by Crippen LogP contribution is 2.36. The van der Waals surface area contributed by atoms with E-state index in [2.05, 4.69) is 10.4 Å². The molecule has 10 heteroatoms. The number of thiophene rings is 1. The lowest BCUT2D eigenvalue weighted by Gasteiger charge is -2.19. The van der Waals surface area contributed by atoms with Crippen molar-refractivity contribution in [1.29, 1.82) is 0 Å². The van der Waals surface area contributed by atoms with Crippen LogP contribution in [0.15, 0.2) is 42.6 Å². The predicted molar refractivity (Wildman–Crippen MR) is 112 cm³/mol. The second-order valence-electron chi connectivity index (χ2n) is 6.60. The van der Waals surface area contributed by atoms with Crippen molar-refractivity contribution in [2.75, 3.05) is 6.54 Å². The van der Waals surface area contributed by atoms with Gasteiger partial charge in [0.05, 0.1) is 16.1 Å². The Labute approximate surface area is 180 Å². The third kappa shape index (κ3) is 4.85. The monoisotopic (exact) mass is 456 g/mol. The first-order valence-electron chi connectivity index (χ1n) is 9.22. The van der Waals surface area contributed by atoms with Crippen molar-refractivity contribution in [3.05, 3.63) is 62.9 Å². The molecule has 0 fully saturated rings. The summed E-state index contributed by atoms with van der Waals surface area (Å²) in [5.74, 6) is -0.435. The molecule has 1 aromatic carbocycles. The topological polar surface area (TPSA) is 72.9 Å². The minimum absolute atomic E-state index is 0.00744. The van der Waals surface area contributed by atoms with Crippen LogP contribution in [0.25, 0.3) is 11.3 Å². The van der Waals surface area contributed by atoms with Gasteiger partial charge >= 0.3 is 6.18 Å². The van der Waals surface area contributed by atoms with Crippen LogP contribution in [0.3, 0.4) is 0 Å². The van der Waals surface area contributed by atoms with E-state index in [4.69, 9.17) is 17.3 Å². The van der Waals surface area contributed by atoms with Gasteiger partial charge in [0.2, 0.25) is 0 Å². The van der Waals surface area contributed by atoms with Crippen molar-refractivity contribution in [1.82, 2.24) is 15.1 Å². The minimum atomic E-state index is -4.47. The van der Waals surface area contributed by atoms with Gasteiger partial charge in [-0.1, -0.05) is 29.8 Å². The fourth-order valence-corrected chi connectivity index (χ4v) is 4.35. The lowest BCUT2D eigenvalue weighted by Crippen LogP contribution is -2.41. The summed E-state index contributed by atoms with van der Waals surface area (Å²) < 4.78 is 41.9. The molecule has 0 radical (unpaired) electrons. The smallest absolute Gasteiger partial charge is 0.347 e. The van der Waals surface area contributed by atoms with Crippen molar-refractivity contribution in [2.24, 2.45) is 5.73 Å². The van der Waals surface area contributed by atoms with E-state index in [0.29, 0.717) is 21.3 Å². The number of aromatic nitrogens is 2. The Kier molecular flexibility index (Phi) is 6.84. The molecule has 0 aliphatic rings. The first kappa shape index (κ1) is 22.3. The van der Waals surface area contributed by atoms with Crippen LogP contribution in [0.5, 0.6) is 0 Å². The fourth-order valence-electron chi connectivity index (χ4n) is 3.16. The van der Waals surface area contributed by atoms with Crippen LogP contribution in [-0.2, 0) is 19.1 Å². The lowest BCUT2D eigenvalue weighted by atomic mass is 9.99. The number of rotatable bonds is 7. The van der Waals surface area contributed by atoms with Crippen LogP contribution in [0.4, 0.5) is 13.2 Å². The summed E-state index contributed by atoms with van der Waals surface area (Å²) in [5, 5.41) is 6.92. The number of aryl methyl sites for hydroxylation is 1. The molecule has 3 aromatic rings. The van der Waals surface area contributed by atoms with E-state index < -0.39 is 23.7 Å². The number of nitrogens with zero attached hydrogens (tertiary/aromatic N) is 2. The average molecular weight is 457 g/mol. The quantitative estimate of drug-likeness (QED) is 0.545. The van der Waals surface area contributed by atoms with Crippen molar-refractivity contribution in [3.8, 4) is 11.3 Å². The van der Waals surface area contributed by atoms with E-state index in [9.17, 15) is 18.0 Å². The maximum Gasteiger partial charge on any atom is 0.416 e. The van der Waals surface area contributed by atoms with Crippen LogP contribution in [0.2, 0.25) is 4.34 Å². The van der Waals surface area contributed by atoms with Gasteiger partial charge in [-0.05, 0) is 37.1 Å². The molecule has 0 saturated carbocycles. The minimum Gasteiger partial charge on any atom is -0.347 e. The van der Waals surface area contributed by atoms with Crippen LogP contribution < -0.4 is 11.1 Å². The Hall–Kier alpha value is -2.36. The molecule has 3 rings (SSSR count). The molecule has 0 aliphatic heterocycles. The van der Waals surface area contributed by atoms with Crippen molar-refractivity contribution in [2.45, 2.75) is 32.1 Å². The zero-order valence-electron chi connectivity index (χ0n) is 16.0. The van der Waals surface area contributed by atoms with Gasteiger partial charge in [0.15, 0.2) is 0 Å². The van der Waals surface area contributed by atoms with Crippen molar-refractivity contribution >= 4 is 28.8 Å². The lowest BCUT2D eigenvalue weighted by molar-refractivity contribution is -0.138. The van der Waals surface area contributed by atoms with Gasteiger partial charge in [-0.15, -0.1) is 11.3 Å². The molecule has 1 atom stereocenters. The molecule has 160 valence electrons. The van der Waals surface area contributed by atoms with Gasteiger partial charge in [0.25, 0.3) is 5.91 Å². The molecule has 0 saturated heterocycles. The van der Waals surface area contributed by atoms with Gasteiger partial charge in [0.1, 0.15) is 4.34 Å².